The highest BCUT2D eigenvalue weighted by atomic mass is 28.3. The summed E-state index contributed by atoms with van der Waals surface area (Å²) in [7, 11) is -3.11. The van der Waals surface area contributed by atoms with Gasteiger partial charge in [0.25, 0.3) is 0 Å². The second-order valence-electron chi connectivity index (χ2n) is 20.2. The van der Waals surface area contributed by atoms with Crippen LogP contribution in [-0.2, 0) is 0 Å². The van der Waals surface area contributed by atoms with E-state index >= 15 is 0 Å². The first-order chi connectivity index (χ1) is 31.4. The highest BCUT2D eigenvalue weighted by Crippen LogP contribution is 2.41. The largest absolute Gasteiger partial charge is 0.354 e. The molecule has 0 saturated heterocycles. The van der Waals surface area contributed by atoms with Crippen molar-refractivity contribution in [3.05, 3.63) is 164 Å². The first-order valence-electron chi connectivity index (χ1n) is 23.0. The third-order valence-electron chi connectivity index (χ3n) is 12.1. The molecule has 8 bridgehead atoms. The maximum Gasteiger partial charge on any atom is 0.129 e. The van der Waals surface area contributed by atoms with E-state index < -0.39 is 16.1 Å². The fraction of sp³-hybridized carbons (Fsp3) is 0.200. The van der Waals surface area contributed by atoms with E-state index in [9.17, 15) is 0 Å². The van der Waals surface area contributed by atoms with Crippen molar-refractivity contribution in [2.24, 2.45) is 0 Å². The topological polar surface area (TPSA) is 57.4 Å². The standard InChI is InChI=1S/C60H58N4Si2/c1-37-33-39(3)55(40(4)34-37)59-51-25-23-49(62-51)57(45-17-13-43(14-18-45)29-31-65(7,8)9)47-21-22-48(61-47)58(46-19-15-44(16-20-46)30-32-66(10,11)12)50-24-26-52(63-50)60(54-28-27-53(59)64-54)56-41(5)35-38(2)36-42(56)6/h13-28,33-36,61-62H,1-12H3. The molecule has 0 saturated carbocycles. The van der Waals surface area contributed by atoms with Gasteiger partial charge >= 0.3 is 0 Å². The summed E-state index contributed by atoms with van der Waals surface area (Å²) < 4.78 is 0. The van der Waals surface area contributed by atoms with Gasteiger partial charge in [0.15, 0.2) is 0 Å². The van der Waals surface area contributed by atoms with Crippen molar-refractivity contribution in [3.63, 3.8) is 0 Å². The van der Waals surface area contributed by atoms with Gasteiger partial charge in [-0.2, -0.15) is 0 Å². The van der Waals surface area contributed by atoms with Crippen molar-refractivity contribution in [2.45, 2.75) is 80.8 Å². The van der Waals surface area contributed by atoms with Gasteiger partial charge in [-0.1, -0.05) is 111 Å². The van der Waals surface area contributed by atoms with Crippen LogP contribution in [0.25, 0.3) is 90.9 Å². The molecule has 0 fully saturated rings. The van der Waals surface area contributed by atoms with Crippen LogP contribution in [0.2, 0.25) is 39.3 Å². The quantitative estimate of drug-likeness (QED) is 0.137. The van der Waals surface area contributed by atoms with Crippen LogP contribution in [0.4, 0.5) is 0 Å². The fourth-order valence-corrected chi connectivity index (χ4v) is 10.5. The second kappa shape index (κ2) is 17.1. The molecule has 0 unspecified atom stereocenters. The number of nitrogens with zero attached hydrogens (tertiary/aromatic N) is 2. The van der Waals surface area contributed by atoms with Gasteiger partial charge in [-0.25, -0.2) is 9.97 Å². The van der Waals surface area contributed by atoms with Gasteiger partial charge in [-0.3, -0.25) is 0 Å². The van der Waals surface area contributed by atoms with E-state index in [2.05, 4.69) is 235 Å². The van der Waals surface area contributed by atoms with Crippen LogP contribution in [0.3, 0.4) is 0 Å². The fourth-order valence-electron chi connectivity index (χ4n) is 9.45. The Balaban J connectivity index is 1.43. The Labute approximate surface area is 393 Å². The normalized spacial score (nSPS) is 12.2. The summed E-state index contributed by atoms with van der Waals surface area (Å²) in [6.07, 6.45) is 8.72. The number of H-pyrrole nitrogens is 2. The molecular weight excluding hydrogens is 833 g/mol. The molecule has 0 amide bonds. The number of aromatic amines is 2. The molecule has 0 aliphatic carbocycles. The Morgan fingerprint density at radius 2 is 0.682 bits per heavy atom. The third kappa shape index (κ3) is 9.00. The molecule has 2 N–H and O–H groups in total. The smallest absolute Gasteiger partial charge is 0.129 e. The minimum Gasteiger partial charge on any atom is -0.354 e. The van der Waals surface area contributed by atoms with Crippen molar-refractivity contribution < 1.29 is 0 Å². The zero-order valence-electron chi connectivity index (χ0n) is 40.4. The van der Waals surface area contributed by atoms with E-state index in [0.717, 1.165) is 94.9 Å². The van der Waals surface area contributed by atoms with Crippen LogP contribution in [0.15, 0.2) is 97.1 Å². The van der Waals surface area contributed by atoms with Gasteiger partial charge in [0, 0.05) is 55.4 Å². The number of aromatic nitrogens is 4. The molecular formula is C60H58N4Si2. The highest BCUT2D eigenvalue weighted by Gasteiger charge is 2.23. The molecule has 5 heterocycles. The average Bonchev–Trinajstić information content (AvgIpc) is 4.09. The van der Waals surface area contributed by atoms with Crippen molar-refractivity contribution in [3.8, 4) is 67.4 Å². The molecule has 66 heavy (non-hydrogen) atoms. The van der Waals surface area contributed by atoms with Crippen LogP contribution in [0, 0.1) is 64.5 Å². The van der Waals surface area contributed by atoms with Gasteiger partial charge in [0.2, 0.25) is 0 Å². The number of nitrogens with one attached hydrogen (secondary N) is 2. The summed E-state index contributed by atoms with van der Waals surface area (Å²) in [5, 5.41) is 0. The maximum absolute atomic E-state index is 5.61. The predicted molar refractivity (Wildman–Crippen MR) is 289 cm³/mol. The Hall–Kier alpha value is -6.97. The zero-order chi connectivity index (χ0) is 46.7. The van der Waals surface area contributed by atoms with E-state index in [1.165, 1.54) is 38.9 Å². The van der Waals surface area contributed by atoms with Crippen molar-refractivity contribution in [1.82, 2.24) is 19.9 Å². The molecule has 2 aliphatic rings. The van der Waals surface area contributed by atoms with Crippen molar-refractivity contribution in [2.75, 3.05) is 0 Å². The van der Waals surface area contributed by atoms with E-state index in [4.69, 9.17) is 9.97 Å². The zero-order valence-corrected chi connectivity index (χ0v) is 42.4. The Kier molecular flexibility index (Phi) is 11.5. The lowest BCUT2D eigenvalue weighted by atomic mass is 9.92. The summed E-state index contributed by atoms with van der Waals surface area (Å²) in [6, 6.07) is 35.3. The Morgan fingerprint density at radius 3 is 1.08 bits per heavy atom. The van der Waals surface area contributed by atoms with E-state index in [1.54, 1.807) is 0 Å². The predicted octanol–water partition coefficient (Wildman–Crippen LogP) is 15.6. The van der Waals surface area contributed by atoms with Crippen LogP contribution in [0.1, 0.15) is 67.3 Å². The molecule has 0 spiro atoms. The van der Waals surface area contributed by atoms with Gasteiger partial charge in [-0.05, 0) is 159 Å². The molecule has 6 heteroatoms. The maximum atomic E-state index is 5.61. The van der Waals surface area contributed by atoms with E-state index in [0.29, 0.717) is 0 Å². The molecule has 4 nitrogen and oxygen atoms in total. The summed E-state index contributed by atoms with van der Waals surface area (Å²) in [6.45, 7) is 26.9. The van der Waals surface area contributed by atoms with Gasteiger partial charge in [0.1, 0.15) is 16.1 Å². The number of hydrogen-bond acceptors (Lipinski definition) is 2. The average molecular weight is 891 g/mol. The molecule has 0 radical (unpaired) electrons. The van der Waals surface area contributed by atoms with Gasteiger partial charge in [-0.15, -0.1) is 11.1 Å². The van der Waals surface area contributed by atoms with E-state index in [1.807, 2.05) is 0 Å². The molecule has 4 aromatic carbocycles. The monoisotopic (exact) mass is 890 g/mol. The SMILES string of the molecule is Cc1cc(C)c(-c2c3nc(c(-c4ccc(C#C[Si](C)(C)C)cc4)c4ccc([nH]4)c(-c4ccc(C#C[Si](C)(C)C)cc4)c4ccc([nH]4)c(-c4c(C)cc(C)cc4C)c4nc2C=C4)C=C3)c(C)c1. The number of fused-ring (bicyclic) bond motifs is 8. The number of hydrogen-bond donors (Lipinski definition) is 2. The summed E-state index contributed by atoms with van der Waals surface area (Å²) in [5.41, 5.74) is 32.6. The van der Waals surface area contributed by atoms with Crippen LogP contribution in [0.5, 0.6) is 0 Å². The van der Waals surface area contributed by atoms with Crippen LogP contribution in [-0.4, -0.2) is 36.1 Å². The van der Waals surface area contributed by atoms with Crippen molar-refractivity contribution in [1.29, 1.82) is 0 Å². The summed E-state index contributed by atoms with van der Waals surface area (Å²) >= 11 is 0. The number of benzene rings is 4. The molecule has 2 aliphatic heterocycles. The lowest BCUT2D eigenvalue weighted by Crippen LogP contribution is -2.16. The number of aryl methyl sites for hydroxylation is 6. The number of rotatable bonds is 4. The van der Waals surface area contributed by atoms with Gasteiger partial charge in [0.05, 0.1) is 22.8 Å². The van der Waals surface area contributed by atoms with E-state index in [-0.39, 0.29) is 0 Å². The lowest BCUT2D eigenvalue weighted by Gasteiger charge is -2.14. The first kappa shape index (κ1) is 44.2. The second-order valence-corrected chi connectivity index (χ2v) is 29.7. The Bertz CT molecular complexity index is 3440. The molecule has 3 aromatic heterocycles. The molecule has 0 atom stereocenters. The minimum absolute atomic E-state index is 0.880. The third-order valence-corrected chi connectivity index (χ3v) is 13.9. The summed E-state index contributed by atoms with van der Waals surface area (Å²) in [4.78, 5) is 19.1. The molecule has 9 rings (SSSR count). The molecule has 326 valence electrons. The lowest BCUT2D eigenvalue weighted by molar-refractivity contribution is 1.25. The highest BCUT2D eigenvalue weighted by molar-refractivity contribution is 6.84. The van der Waals surface area contributed by atoms with Crippen LogP contribution < -0.4 is 0 Å². The van der Waals surface area contributed by atoms with Gasteiger partial charge < -0.3 is 9.97 Å². The van der Waals surface area contributed by atoms with Crippen molar-refractivity contribution >= 4 is 62.5 Å². The minimum atomic E-state index is -1.55. The molecule has 7 aromatic rings. The first-order valence-corrected chi connectivity index (χ1v) is 30.0. The summed E-state index contributed by atoms with van der Waals surface area (Å²) in [5.74, 6) is 6.91. The Morgan fingerprint density at radius 1 is 0.364 bits per heavy atom. The van der Waals surface area contributed by atoms with Crippen LogP contribution >= 0.6 is 0 Å².